The van der Waals surface area contributed by atoms with Gasteiger partial charge in [0.05, 0.1) is 37.3 Å². The van der Waals surface area contributed by atoms with Crippen LogP contribution in [0.3, 0.4) is 0 Å². The van der Waals surface area contributed by atoms with Gasteiger partial charge in [-0.05, 0) is 31.2 Å². The van der Waals surface area contributed by atoms with Gasteiger partial charge in [-0.2, -0.15) is 5.10 Å². The molecule has 0 fully saturated rings. The lowest BCUT2D eigenvalue weighted by Crippen LogP contribution is -2.09. The molecule has 0 aliphatic carbocycles. The number of methoxy groups -OCH3 is 3. The Balaban J connectivity index is 2.05. The van der Waals surface area contributed by atoms with Crippen molar-refractivity contribution >= 4 is 27.3 Å². The van der Waals surface area contributed by atoms with Crippen molar-refractivity contribution in [3.05, 3.63) is 46.8 Å². The normalized spacial score (nSPS) is 12.5. The number of thiazole rings is 1. The summed E-state index contributed by atoms with van der Waals surface area (Å²) in [6.07, 6.45) is 0. The van der Waals surface area contributed by atoms with E-state index in [1.54, 1.807) is 32.7 Å². The van der Waals surface area contributed by atoms with Gasteiger partial charge in [-0.15, -0.1) is 5.10 Å². The summed E-state index contributed by atoms with van der Waals surface area (Å²) in [4.78, 5) is 0.831. The SMILES string of the molecule is COc1cc(/C(C)=N/N=c2\sc3ccccc3n2C)cc(OC)c1OC. The molecule has 26 heavy (non-hydrogen) atoms. The molecule has 0 spiro atoms. The van der Waals surface area contributed by atoms with E-state index in [1.165, 1.54) is 4.70 Å². The zero-order chi connectivity index (χ0) is 18.7. The minimum absolute atomic E-state index is 0.555. The van der Waals surface area contributed by atoms with E-state index in [1.807, 2.05) is 42.8 Å². The predicted molar refractivity (Wildman–Crippen MR) is 105 cm³/mol. The second kappa shape index (κ2) is 7.61. The molecule has 2 aromatic carbocycles. The van der Waals surface area contributed by atoms with Crippen molar-refractivity contribution in [3.63, 3.8) is 0 Å². The Morgan fingerprint density at radius 2 is 1.65 bits per heavy atom. The summed E-state index contributed by atoms with van der Waals surface area (Å²) in [6, 6.07) is 11.9. The lowest BCUT2D eigenvalue weighted by atomic mass is 10.1. The molecule has 1 aromatic heterocycles. The summed E-state index contributed by atoms with van der Waals surface area (Å²) < 4.78 is 19.4. The number of rotatable bonds is 5. The van der Waals surface area contributed by atoms with Crippen LogP contribution in [0.5, 0.6) is 17.2 Å². The van der Waals surface area contributed by atoms with Crippen LogP contribution in [0.2, 0.25) is 0 Å². The highest BCUT2D eigenvalue weighted by Crippen LogP contribution is 2.38. The highest BCUT2D eigenvalue weighted by Gasteiger charge is 2.14. The average molecular weight is 371 g/mol. The fourth-order valence-electron chi connectivity index (χ4n) is 2.64. The smallest absolute Gasteiger partial charge is 0.211 e. The molecule has 0 amide bonds. The Hall–Kier alpha value is -2.80. The van der Waals surface area contributed by atoms with Gasteiger partial charge >= 0.3 is 0 Å². The predicted octanol–water partition coefficient (Wildman–Crippen LogP) is 3.59. The zero-order valence-corrected chi connectivity index (χ0v) is 16.3. The third-order valence-corrected chi connectivity index (χ3v) is 5.19. The van der Waals surface area contributed by atoms with E-state index in [0.29, 0.717) is 17.2 Å². The third kappa shape index (κ3) is 3.30. The Bertz CT molecular complexity index is 1010. The maximum absolute atomic E-state index is 5.40. The molecule has 0 aliphatic rings. The first kappa shape index (κ1) is 18.0. The zero-order valence-electron chi connectivity index (χ0n) is 15.4. The number of hydrogen-bond acceptors (Lipinski definition) is 6. The quantitative estimate of drug-likeness (QED) is 0.509. The summed E-state index contributed by atoms with van der Waals surface area (Å²) in [5.41, 5.74) is 2.74. The van der Waals surface area contributed by atoms with Crippen molar-refractivity contribution in [1.82, 2.24) is 4.57 Å². The number of aryl methyl sites for hydroxylation is 1. The molecule has 1 heterocycles. The lowest BCUT2D eigenvalue weighted by Gasteiger charge is -2.13. The van der Waals surface area contributed by atoms with Crippen LogP contribution in [0.4, 0.5) is 0 Å². The summed E-state index contributed by atoms with van der Waals surface area (Å²) in [7, 11) is 6.75. The molecule has 0 N–H and O–H groups in total. The van der Waals surface area contributed by atoms with E-state index in [-0.39, 0.29) is 0 Å². The molecular formula is C19H21N3O3S. The van der Waals surface area contributed by atoms with Gasteiger partial charge in [0.1, 0.15) is 0 Å². The topological polar surface area (TPSA) is 57.3 Å². The number of para-hydroxylation sites is 1. The van der Waals surface area contributed by atoms with Gasteiger partial charge < -0.3 is 18.8 Å². The van der Waals surface area contributed by atoms with Crippen LogP contribution >= 0.6 is 11.3 Å². The van der Waals surface area contributed by atoms with Crippen LogP contribution in [-0.2, 0) is 7.05 Å². The second-order valence-electron chi connectivity index (χ2n) is 5.61. The monoisotopic (exact) mass is 371 g/mol. The number of nitrogens with zero attached hydrogens (tertiary/aromatic N) is 3. The molecule has 0 aliphatic heterocycles. The second-order valence-corrected chi connectivity index (χ2v) is 6.62. The highest BCUT2D eigenvalue weighted by molar-refractivity contribution is 7.16. The number of fused-ring (bicyclic) bond motifs is 1. The minimum Gasteiger partial charge on any atom is -0.493 e. The Morgan fingerprint density at radius 3 is 2.23 bits per heavy atom. The highest BCUT2D eigenvalue weighted by atomic mass is 32.1. The minimum atomic E-state index is 0.555. The summed E-state index contributed by atoms with van der Waals surface area (Å²) in [6.45, 7) is 1.90. The summed E-state index contributed by atoms with van der Waals surface area (Å²) in [5, 5.41) is 8.84. The molecule has 0 unspecified atom stereocenters. The van der Waals surface area contributed by atoms with Crippen LogP contribution in [0, 0.1) is 0 Å². The van der Waals surface area contributed by atoms with Gasteiger partial charge in [0.15, 0.2) is 11.5 Å². The summed E-state index contributed by atoms with van der Waals surface area (Å²) in [5.74, 6) is 1.73. The Morgan fingerprint density at radius 1 is 1.00 bits per heavy atom. The van der Waals surface area contributed by atoms with E-state index >= 15 is 0 Å². The van der Waals surface area contributed by atoms with Gasteiger partial charge in [-0.1, -0.05) is 23.5 Å². The average Bonchev–Trinajstić information content (AvgIpc) is 3.00. The van der Waals surface area contributed by atoms with Crippen molar-refractivity contribution < 1.29 is 14.2 Å². The van der Waals surface area contributed by atoms with E-state index in [9.17, 15) is 0 Å². The van der Waals surface area contributed by atoms with Crippen molar-refractivity contribution in [2.75, 3.05) is 21.3 Å². The number of aromatic nitrogens is 1. The van der Waals surface area contributed by atoms with Crippen molar-refractivity contribution in [3.8, 4) is 17.2 Å². The third-order valence-electron chi connectivity index (χ3n) is 4.08. The van der Waals surface area contributed by atoms with E-state index < -0.39 is 0 Å². The first-order valence-corrected chi connectivity index (χ1v) is 8.84. The maximum atomic E-state index is 5.40. The molecular weight excluding hydrogens is 350 g/mol. The standard InChI is InChI=1S/C19H21N3O3S/c1-12(13-10-15(23-3)18(25-5)16(11-13)24-4)20-21-19-22(2)14-8-6-7-9-17(14)26-19/h6-11H,1-5H3/b20-12+,21-19-. The van der Waals surface area contributed by atoms with Crippen molar-refractivity contribution in [2.45, 2.75) is 6.92 Å². The molecule has 0 atom stereocenters. The molecule has 136 valence electrons. The first-order chi connectivity index (χ1) is 12.6. The first-order valence-electron chi connectivity index (χ1n) is 8.02. The fraction of sp³-hybridized carbons (Fsp3) is 0.263. The Labute approximate surface area is 156 Å². The molecule has 0 saturated carbocycles. The van der Waals surface area contributed by atoms with Crippen LogP contribution in [0.25, 0.3) is 10.2 Å². The molecule has 0 radical (unpaired) electrons. The van der Waals surface area contributed by atoms with Crippen LogP contribution in [-0.4, -0.2) is 31.6 Å². The van der Waals surface area contributed by atoms with E-state index in [0.717, 1.165) is 21.6 Å². The molecule has 7 heteroatoms. The maximum Gasteiger partial charge on any atom is 0.211 e. The van der Waals surface area contributed by atoms with Gasteiger partial charge in [-0.3, -0.25) is 0 Å². The van der Waals surface area contributed by atoms with Gasteiger partial charge in [0.25, 0.3) is 0 Å². The van der Waals surface area contributed by atoms with E-state index in [4.69, 9.17) is 14.2 Å². The molecule has 3 rings (SSSR count). The van der Waals surface area contributed by atoms with Crippen LogP contribution in [0.15, 0.2) is 46.6 Å². The van der Waals surface area contributed by atoms with Gasteiger partial charge in [0.2, 0.25) is 10.6 Å². The van der Waals surface area contributed by atoms with Crippen LogP contribution < -0.4 is 19.0 Å². The number of ether oxygens (including phenoxy) is 3. The number of benzene rings is 2. The largest absolute Gasteiger partial charge is 0.493 e. The van der Waals surface area contributed by atoms with Crippen molar-refractivity contribution in [1.29, 1.82) is 0 Å². The van der Waals surface area contributed by atoms with E-state index in [2.05, 4.69) is 22.3 Å². The summed E-state index contributed by atoms with van der Waals surface area (Å²) >= 11 is 1.60. The fourth-order valence-corrected chi connectivity index (χ4v) is 3.61. The molecule has 0 bridgehead atoms. The van der Waals surface area contributed by atoms with Crippen molar-refractivity contribution in [2.24, 2.45) is 17.3 Å². The lowest BCUT2D eigenvalue weighted by molar-refractivity contribution is 0.324. The van der Waals surface area contributed by atoms with Gasteiger partial charge in [-0.25, -0.2) is 0 Å². The molecule has 6 nitrogen and oxygen atoms in total. The molecule has 3 aromatic rings. The van der Waals surface area contributed by atoms with Crippen LogP contribution in [0.1, 0.15) is 12.5 Å². The molecule has 0 saturated heterocycles. The number of hydrogen-bond donors (Lipinski definition) is 0. The Kier molecular flexibility index (Phi) is 5.27. The van der Waals surface area contributed by atoms with Gasteiger partial charge in [0, 0.05) is 12.6 Å².